The molecule has 0 unspecified atom stereocenters. The highest BCUT2D eigenvalue weighted by Gasteiger charge is 2.15. The standard InChI is InChI=1S/C16H24N2O3/c1-2-3-10-21-15-7-5-4-6-14(15)17-16(19)13-18-8-11-20-12-9-18/h4-7H,2-3,8-13H2,1H3,(H,17,19). The van der Waals surface area contributed by atoms with Crippen LogP contribution in [0.5, 0.6) is 5.75 Å². The normalized spacial score (nSPS) is 15.7. The minimum Gasteiger partial charge on any atom is -0.491 e. The first-order valence-corrected chi connectivity index (χ1v) is 7.61. The summed E-state index contributed by atoms with van der Waals surface area (Å²) in [7, 11) is 0. The largest absolute Gasteiger partial charge is 0.491 e. The van der Waals surface area contributed by atoms with Crippen LogP contribution in [-0.4, -0.2) is 50.3 Å². The maximum atomic E-state index is 12.1. The van der Waals surface area contributed by atoms with Gasteiger partial charge in [0.25, 0.3) is 0 Å². The van der Waals surface area contributed by atoms with Crippen molar-refractivity contribution in [2.75, 3.05) is 44.8 Å². The monoisotopic (exact) mass is 292 g/mol. The molecular weight excluding hydrogens is 268 g/mol. The summed E-state index contributed by atoms with van der Waals surface area (Å²) in [6, 6.07) is 7.58. The molecule has 0 aliphatic carbocycles. The number of amides is 1. The van der Waals surface area contributed by atoms with Crippen LogP contribution in [-0.2, 0) is 9.53 Å². The van der Waals surface area contributed by atoms with Gasteiger partial charge in [-0.15, -0.1) is 0 Å². The Morgan fingerprint density at radius 1 is 1.33 bits per heavy atom. The fourth-order valence-corrected chi connectivity index (χ4v) is 2.17. The van der Waals surface area contributed by atoms with Gasteiger partial charge in [-0.1, -0.05) is 25.5 Å². The number of nitrogens with one attached hydrogen (secondary N) is 1. The van der Waals surface area contributed by atoms with Gasteiger partial charge in [0.05, 0.1) is 32.1 Å². The van der Waals surface area contributed by atoms with Crippen molar-refractivity contribution in [3.05, 3.63) is 24.3 Å². The summed E-state index contributed by atoms with van der Waals surface area (Å²) in [6.07, 6.45) is 2.10. The highest BCUT2D eigenvalue weighted by molar-refractivity contribution is 5.93. The molecule has 0 aromatic heterocycles. The van der Waals surface area contributed by atoms with E-state index in [1.807, 2.05) is 24.3 Å². The molecule has 1 aromatic rings. The van der Waals surface area contributed by atoms with Crippen molar-refractivity contribution in [3.63, 3.8) is 0 Å². The number of hydrogen-bond donors (Lipinski definition) is 1. The summed E-state index contributed by atoms with van der Waals surface area (Å²) in [5, 5.41) is 2.94. The third kappa shape index (κ3) is 5.36. The predicted molar refractivity (Wildman–Crippen MR) is 82.7 cm³/mol. The lowest BCUT2D eigenvalue weighted by Gasteiger charge is -2.25. The summed E-state index contributed by atoms with van der Waals surface area (Å²) in [4.78, 5) is 14.2. The van der Waals surface area contributed by atoms with Gasteiger partial charge < -0.3 is 14.8 Å². The van der Waals surface area contributed by atoms with E-state index in [1.54, 1.807) is 0 Å². The quantitative estimate of drug-likeness (QED) is 0.782. The molecule has 0 atom stereocenters. The molecule has 1 N–H and O–H groups in total. The molecule has 116 valence electrons. The number of para-hydroxylation sites is 2. The maximum absolute atomic E-state index is 12.1. The van der Waals surface area contributed by atoms with E-state index in [9.17, 15) is 4.79 Å². The Hall–Kier alpha value is -1.59. The van der Waals surface area contributed by atoms with Gasteiger partial charge in [-0.2, -0.15) is 0 Å². The van der Waals surface area contributed by atoms with Crippen molar-refractivity contribution >= 4 is 11.6 Å². The summed E-state index contributed by atoms with van der Waals surface area (Å²) >= 11 is 0. The number of anilines is 1. The molecule has 5 nitrogen and oxygen atoms in total. The van der Waals surface area contributed by atoms with Crippen LogP contribution < -0.4 is 10.1 Å². The van der Waals surface area contributed by atoms with E-state index < -0.39 is 0 Å². The number of carbonyl (C=O) groups excluding carboxylic acids is 1. The average Bonchev–Trinajstić information content (AvgIpc) is 2.50. The summed E-state index contributed by atoms with van der Waals surface area (Å²) in [6.45, 7) is 6.21. The SMILES string of the molecule is CCCCOc1ccccc1NC(=O)CN1CCOCC1. The molecule has 0 spiro atoms. The number of unbranched alkanes of at least 4 members (excludes halogenated alkanes) is 1. The molecule has 2 rings (SSSR count). The predicted octanol–water partition coefficient (Wildman–Crippen LogP) is 2.14. The molecule has 1 saturated heterocycles. The van der Waals surface area contributed by atoms with Gasteiger partial charge in [0.2, 0.25) is 5.91 Å². The van der Waals surface area contributed by atoms with E-state index in [2.05, 4.69) is 17.1 Å². The van der Waals surface area contributed by atoms with Crippen molar-refractivity contribution in [2.45, 2.75) is 19.8 Å². The molecule has 1 aliphatic heterocycles. The van der Waals surface area contributed by atoms with Gasteiger partial charge in [0, 0.05) is 13.1 Å². The van der Waals surface area contributed by atoms with Crippen LogP contribution in [0.4, 0.5) is 5.69 Å². The maximum Gasteiger partial charge on any atom is 0.238 e. The summed E-state index contributed by atoms with van der Waals surface area (Å²) in [5.41, 5.74) is 0.742. The Morgan fingerprint density at radius 3 is 2.86 bits per heavy atom. The smallest absolute Gasteiger partial charge is 0.238 e. The Labute approximate surface area is 126 Å². The molecule has 0 saturated carbocycles. The van der Waals surface area contributed by atoms with Crippen molar-refractivity contribution in [3.8, 4) is 5.75 Å². The fraction of sp³-hybridized carbons (Fsp3) is 0.562. The zero-order chi connectivity index (χ0) is 14.9. The summed E-state index contributed by atoms with van der Waals surface area (Å²) < 4.78 is 11.0. The lowest BCUT2D eigenvalue weighted by Crippen LogP contribution is -2.41. The topological polar surface area (TPSA) is 50.8 Å². The molecule has 1 amide bonds. The Balaban J connectivity index is 1.87. The van der Waals surface area contributed by atoms with Crippen molar-refractivity contribution in [1.82, 2.24) is 4.90 Å². The van der Waals surface area contributed by atoms with Crippen molar-refractivity contribution in [1.29, 1.82) is 0 Å². The zero-order valence-electron chi connectivity index (χ0n) is 12.6. The highest BCUT2D eigenvalue weighted by atomic mass is 16.5. The lowest BCUT2D eigenvalue weighted by molar-refractivity contribution is -0.118. The second-order valence-corrected chi connectivity index (χ2v) is 5.13. The average molecular weight is 292 g/mol. The Morgan fingerprint density at radius 2 is 2.10 bits per heavy atom. The number of carbonyl (C=O) groups is 1. The minimum atomic E-state index is -0.0107. The first-order chi connectivity index (χ1) is 10.3. The van der Waals surface area contributed by atoms with Crippen LogP contribution in [0.15, 0.2) is 24.3 Å². The van der Waals surface area contributed by atoms with Crippen LogP contribution in [0, 0.1) is 0 Å². The van der Waals surface area contributed by atoms with Crippen molar-refractivity contribution in [2.24, 2.45) is 0 Å². The molecule has 1 heterocycles. The van der Waals surface area contributed by atoms with Gasteiger partial charge in [-0.25, -0.2) is 0 Å². The number of hydrogen-bond acceptors (Lipinski definition) is 4. The van der Waals surface area contributed by atoms with Crippen LogP contribution in [0.1, 0.15) is 19.8 Å². The number of benzene rings is 1. The molecule has 0 radical (unpaired) electrons. The Kier molecular flexibility index (Phi) is 6.50. The molecule has 0 bridgehead atoms. The third-order valence-electron chi connectivity index (χ3n) is 3.39. The van der Waals surface area contributed by atoms with Crippen molar-refractivity contribution < 1.29 is 14.3 Å². The molecule has 1 fully saturated rings. The van der Waals surface area contributed by atoms with E-state index in [0.29, 0.717) is 26.4 Å². The summed E-state index contributed by atoms with van der Waals surface area (Å²) in [5.74, 6) is 0.727. The molecule has 1 aromatic carbocycles. The van der Waals surface area contributed by atoms with Gasteiger partial charge in [0.1, 0.15) is 5.75 Å². The Bertz CT molecular complexity index is 445. The van der Waals surface area contributed by atoms with Gasteiger partial charge in [0.15, 0.2) is 0 Å². The van der Waals surface area contributed by atoms with E-state index in [4.69, 9.17) is 9.47 Å². The van der Waals surface area contributed by atoms with Gasteiger partial charge in [-0.3, -0.25) is 9.69 Å². The lowest BCUT2D eigenvalue weighted by atomic mass is 10.3. The number of morpholine rings is 1. The van der Waals surface area contributed by atoms with E-state index in [1.165, 1.54) is 0 Å². The third-order valence-corrected chi connectivity index (χ3v) is 3.39. The number of rotatable bonds is 7. The van der Waals surface area contributed by atoms with Gasteiger partial charge in [-0.05, 0) is 18.6 Å². The van der Waals surface area contributed by atoms with E-state index >= 15 is 0 Å². The molecular formula is C16H24N2O3. The molecule has 21 heavy (non-hydrogen) atoms. The van der Waals surface area contributed by atoms with Crippen LogP contribution in [0.25, 0.3) is 0 Å². The van der Waals surface area contributed by atoms with Crippen LogP contribution >= 0.6 is 0 Å². The van der Waals surface area contributed by atoms with E-state index in [0.717, 1.165) is 37.4 Å². The fourth-order valence-electron chi connectivity index (χ4n) is 2.17. The minimum absolute atomic E-state index is 0.0107. The first kappa shape index (κ1) is 15.8. The van der Waals surface area contributed by atoms with Crippen LogP contribution in [0.3, 0.4) is 0 Å². The number of nitrogens with zero attached hydrogens (tertiary/aromatic N) is 1. The molecule has 5 heteroatoms. The van der Waals surface area contributed by atoms with Gasteiger partial charge >= 0.3 is 0 Å². The van der Waals surface area contributed by atoms with Crippen LogP contribution in [0.2, 0.25) is 0 Å². The first-order valence-electron chi connectivity index (χ1n) is 7.61. The second kappa shape index (κ2) is 8.64. The van der Waals surface area contributed by atoms with E-state index in [-0.39, 0.29) is 5.91 Å². The highest BCUT2D eigenvalue weighted by Crippen LogP contribution is 2.23. The number of ether oxygens (including phenoxy) is 2. The zero-order valence-corrected chi connectivity index (χ0v) is 12.6. The molecule has 1 aliphatic rings. The second-order valence-electron chi connectivity index (χ2n) is 5.13.